The van der Waals surface area contributed by atoms with Gasteiger partial charge in [-0.3, -0.25) is 4.79 Å². The molecule has 26 heavy (non-hydrogen) atoms. The Morgan fingerprint density at radius 2 is 1.92 bits per heavy atom. The summed E-state index contributed by atoms with van der Waals surface area (Å²) >= 11 is 5.86. The summed E-state index contributed by atoms with van der Waals surface area (Å²) < 4.78 is 7.65. The quantitative estimate of drug-likeness (QED) is 0.634. The highest BCUT2D eigenvalue weighted by Crippen LogP contribution is 2.17. The highest BCUT2D eigenvalue weighted by molar-refractivity contribution is 6.30. The average molecular weight is 372 g/mol. The molecule has 5 nitrogen and oxygen atoms in total. The molecular formula is C20H22ClN3O2. The standard InChI is InChI=1S/C20H22ClN3O2/c1-3-19-22-17-6-4-5-7-18(17)24(19)14-20(25)23(2)12-13-26-16-10-8-15(21)9-11-16/h4-11H,3,12-14H2,1-2H3. The van der Waals surface area contributed by atoms with Crippen molar-refractivity contribution in [1.29, 1.82) is 0 Å². The fraction of sp³-hybridized carbons (Fsp3) is 0.300. The van der Waals surface area contributed by atoms with E-state index in [0.29, 0.717) is 18.2 Å². The third-order valence-corrected chi connectivity index (χ3v) is 4.53. The number of amides is 1. The Balaban J connectivity index is 1.60. The molecule has 3 aromatic rings. The van der Waals surface area contributed by atoms with E-state index in [1.807, 2.05) is 47.9 Å². The molecule has 0 saturated heterocycles. The molecule has 136 valence electrons. The van der Waals surface area contributed by atoms with Crippen molar-refractivity contribution < 1.29 is 9.53 Å². The van der Waals surface area contributed by atoms with E-state index in [1.165, 1.54) is 0 Å². The number of aromatic nitrogens is 2. The first-order chi connectivity index (χ1) is 12.6. The highest BCUT2D eigenvalue weighted by Gasteiger charge is 2.15. The van der Waals surface area contributed by atoms with Gasteiger partial charge in [-0.15, -0.1) is 0 Å². The normalized spacial score (nSPS) is 10.9. The van der Waals surface area contributed by atoms with Crippen LogP contribution in [-0.2, 0) is 17.8 Å². The SMILES string of the molecule is CCc1nc2ccccc2n1CC(=O)N(C)CCOc1ccc(Cl)cc1. The molecule has 1 heterocycles. The van der Waals surface area contributed by atoms with Gasteiger partial charge in [0.25, 0.3) is 0 Å². The first kappa shape index (κ1) is 18.3. The summed E-state index contributed by atoms with van der Waals surface area (Å²) in [7, 11) is 1.79. The molecule has 0 aliphatic rings. The van der Waals surface area contributed by atoms with Crippen molar-refractivity contribution in [3.63, 3.8) is 0 Å². The number of benzene rings is 2. The molecule has 3 rings (SSSR count). The number of hydrogen-bond donors (Lipinski definition) is 0. The monoisotopic (exact) mass is 371 g/mol. The fourth-order valence-electron chi connectivity index (χ4n) is 2.78. The maximum atomic E-state index is 12.6. The lowest BCUT2D eigenvalue weighted by Crippen LogP contribution is -2.33. The second-order valence-electron chi connectivity index (χ2n) is 6.07. The maximum absolute atomic E-state index is 12.6. The second kappa shape index (κ2) is 8.23. The summed E-state index contributed by atoms with van der Waals surface area (Å²) in [6, 6.07) is 15.1. The maximum Gasteiger partial charge on any atom is 0.242 e. The minimum Gasteiger partial charge on any atom is -0.492 e. The van der Waals surface area contributed by atoms with Crippen molar-refractivity contribution in [2.75, 3.05) is 20.2 Å². The molecule has 6 heteroatoms. The van der Waals surface area contributed by atoms with Gasteiger partial charge in [-0.2, -0.15) is 0 Å². The smallest absolute Gasteiger partial charge is 0.242 e. The van der Waals surface area contributed by atoms with Crippen molar-refractivity contribution in [3.8, 4) is 5.75 Å². The zero-order valence-electron chi connectivity index (χ0n) is 15.0. The number of halogens is 1. The number of ether oxygens (including phenoxy) is 1. The van der Waals surface area contributed by atoms with Crippen LogP contribution in [0.2, 0.25) is 5.02 Å². The summed E-state index contributed by atoms with van der Waals surface area (Å²) in [6.45, 7) is 3.26. The Bertz CT molecular complexity index is 890. The summed E-state index contributed by atoms with van der Waals surface area (Å²) in [5.41, 5.74) is 1.91. The van der Waals surface area contributed by atoms with Crippen LogP contribution >= 0.6 is 11.6 Å². The fourth-order valence-corrected chi connectivity index (χ4v) is 2.91. The third kappa shape index (κ3) is 4.17. The van der Waals surface area contributed by atoms with Gasteiger partial charge < -0.3 is 14.2 Å². The highest BCUT2D eigenvalue weighted by atomic mass is 35.5. The van der Waals surface area contributed by atoms with Crippen LogP contribution in [0.25, 0.3) is 11.0 Å². The Morgan fingerprint density at radius 3 is 2.65 bits per heavy atom. The Hall–Kier alpha value is -2.53. The Kier molecular flexibility index (Phi) is 5.78. The van der Waals surface area contributed by atoms with Gasteiger partial charge in [0.05, 0.1) is 17.6 Å². The predicted molar refractivity (Wildman–Crippen MR) is 104 cm³/mol. The largest absolute Gasteiger partial charge is 0.492 e. The number of imidazole rings is 1. The van der Waals surface area contributed by atoms with Crippen molar-refractivity contribution in [1.82, 2.24) is 14.5 Å². The van der Waals surface area contributed by atoms with E-state index < -0.39 is 0 Å². The van der Waals surface area contributed by atoms with Gasteiger partial charge >= 0.3 is 0 Å². The van der Waals surface area contributed by atoms with E-state index in [4.69, 9.17) is 16.3 Å². The van der Waals surface area contributed by atoms with Crippen LogP contribution in [0, 0.1) is 0 Å². The number of aryl methyl sites for hydroxylation is 1. The van der Waals surface area contributed by atoms with Gasteiger partial charge in [-0.1, -0.05) is 30.7 Å². The predicted octanol–water partition coefficient (Wildman–Crippen LogP) is 3.79. The number of para-hydroxylation sites is 2. The number of carbonyl (C=O) groups excluding carboxylic acids is 1. The molecule has 0 atom stereocenters. The van der Waals surface area contributed by atoms with Gasteiger partial charge in [0.15, 0.2) is 0 Å². The summed E-state index contributed by atoms with van der Waals surface area (Å²) in [5, 5.41) is 0.670. The molecule has 0 aliphatic heterocycles. The van der Waals surface area contributed by atoms with Crippen LogP contribution in [0.1, 0.15) is 12.7 Å². The average Bonchev–Trinajstić information content (AvgIpc) is 3.01. The Labute approximate surface area is 158 Å². The van der Waals surface area contributed by atoms with Gasteiger partial charge in [-0.25, -0.2) is 4.98 Å². The molecule has 0 saturated carbocycles. The number of rotatable bonds is 7. The van der Waals surface area contributed by atoms with Crippen LogP contribution in [0.4, 0.5) is 0 Å². The number of fused-ring (bicyclic) bond motifs is 1. The first-order valence-electron chi connectivity index (χ1n) is 8.65. The van der Waals surface area contributed by atoms with Crippen molar-refractivity contribution >= 4 is 28.5 Å². The minimum absolute atomic E-state index is 0.0301. The van der Waals surface area contributed by atoms with Crippen molar-refractivity contribution in [2.24, 2.45) is 0 Å². The van der Waals surface area contributed by atoms with Crippen LogP contribution in [-0.4, -0.2) is 40.6 Å². The molecule has 0 radical (unpaired) electrons. The van der Waals surface area contributed by atoms with E-state index in [9.17, 15) is 4.79 Å². The molecule has 1 aromatic heterocycles. The lowest BCUT2D eigenvalue weighted by atomic mass is 10.3. The van der Waals surface area contributed by atoms with Crippen LogP contribution < -0.4 is 4.74 Å². The molecule has 1 amide bonds. The lowest BCUT2D eigenvalue weighted by molar-refractivity contribution is -0.130. The van der Waals surface area contributed by atoms with E-state index in [0.717, 1.165) is 29.0 Å². The first-order valence-corrected chi connectivity index (χ1v) is 9.02. The molecular weight excluding hydrogens is 350 g/mol. The number of likely N-dealkylation sites (N-methyl/N-ethyl adjacent to an activating group) is 1. The van der Waals surface area contributed by atoms with Crippen molar-refractivity contribution in [3.05, 3.63) is 59.4 Å². The molecule has 0 bridgehead atoms. The number of nitrogens with zero attached hydrogens (tertiary/aromatic N) is 3. The number of carbonyl (C=O) groups is 1. The van der Waals surface area contributed by atoms with Gasteiger partial charge in [0, 0.05) is 18.5 Å². The van der Waals surface area contributed by atoms with Crippen LogP contribution in [0.15, 0.2) is 48.5 Å². The van der Waals surface area contributed by atoms with Gasteiger partial charge in [-0.05, 0) is 36.4 Å². The summed E-state index contributed by atoms with van der Waals surface area (Å²) in [4.78, 5) is 18.9. The third-order valence-electron chi connectivity index (χ3n) is 4.28. The molecule has 0 aliphatic carbocycles. The lowest BCUT2D eigenvalue weighted by Gasteiger charge is -2.19. The van der Waals surface area contributed by atoms with E-state index >= 15 is 0 Å². The van der Waals surface area contributed by atoms with E-state index in [1.54, 1.807) is 24.1 Å². The zero-order valence-corrected chi connectivity index (χ0v) is 15.7. The zero-order chi connectivity index (χ0) is 18.5. The molecule has 0 spiro atoms. The molecule has 2 aromatic carbocycles. The van der Waals surface area contributed by atoms with E-state index in [2.05, 4.69) is 4.98 Å². The summed E-state index contributed by atoms with van der Waals surface area (Å²) in [6.07, 6.45) is 0.783. The second-order valence-corrected chi connectivity index (χ2v) is 6.51. The number of hydrogen-bond acceptors (Lipinski definition) is 3. The topological polar surface area (TPSA) is 47.4 Å². The van der Waals surface area contributed by atoms with Crippen LogP contribution in [0.3, 0.4) is 0 Å². The molecule has 0 unspecified atom stereocenters. The summed E-state index contributed by atoms with van der Waals surface area (Å²) in [5.74, 6) is 1.69. The van der Waals surface area contributed by atoms with Crippen LogP contribution in [0.5, 0.6) is 5.75 Å². The van der Waals surface area contributed by atoms with Gasteiger partial charge in [0.1, 0.15) is 24.7 Å². The van der Waals surface area contributed by atoms with E-state index in [-0.39, 0.29) is 12.5 Å². The van der Waals surface area contributed by atoms with Gasteiger partial charge in [0.2, 0.25) is 5.91 Å². The molecule has 0 fully saturated rings. The minimum atomic E-state index is 0.0301. The molecule has 0 N–H and O–H groups in total. The van der Waals surface area contributed by atoms with Crippen molar-refractivity contribution in [2.45, 2.75) is 19.9 Å². The Morgan fingerprint density at radius 1 is 1.19 bits per heavy atom.